The molecule has 1 atom stereocenters. The smallest absolute Gasteiger partial charge is 0.0803 e. The highest BCUT2D eigenvalue weighted by Crippen LogP contribution is 2.23. The maximum atomic E-state index is 5.92. The van der Waals surface area contributed by atoms with Crippen molar-refractivity contribution < 1.29 is 0 Å². The van der Waals surface area contributed by atoms with Crippen LogP contribution in [-0.2, 0) is 6.42 Å². The molecule has 104 valence electrons. The quantitative estimate of drug-likeness (QED) is 0.789. The lowest BCUT2D eigenvalue weighted by Crippen LogP contribution is -2.20. The SMILES string of the molecule is Cc1ccc(C(CCc2cccc(Br)c2)C(N)=S)cc1. The van der Waals surface area contributed by atoms with Crippen LogP contribution in [0.4, 0.5) is 0 Å². The molecular weight excluding hydrogens is 330 g/mol. The summed E-state index contributed by atoms with van der Waals surface area (Å²) in [6, 6.07) is 16.8. The first kappa shape index (κ1) is 15.2. The van der Waals surface area contributed by atoms with Crippen LogP contribution in [0.5, 0.6) is 0 Å². The van der Waals surface area contributed by atoms with E-state index in [1.165, 1.54) is 16.7 Å². The predicted octanol–water partition coefficient (Wildman–Crippen LogP) is 4.76. The summed E-state index contributed by atoms with van der Waals surface area (Å²) in [5.41, 5.74) is 9.68. The van der Waals surface area contributed by atoms with Gasteiger partial charge in [-0.1, -0.05) is 70.1 Å². The fraction of sp³-hybridized carbons (Fsp3) is 0.235. The molecule has 0 aliphatic carbocycles. The Balaban J connectivity index is 2.10. The summed E-state index contributed by atoms with van der Waals surface area (Å²) in [6.07, 6.45) is 1.91. The standard InChI is InChI=1S/C17H18BrNS/c1-12-5-8-14(9-6-12)16(17(19)20)10-7-13-3-2-4-15(18)11-13/h2-6,8-9,11,16H,7,10H2,1H3,(H2,19,20). The summed E-state index contributed by atoms with van der Waals surface area (Å²) >= 11 is 8.74. The van der Waals surface area contributed by atoms with Crippen molar-refractivity contribution in [1.29, 1.82) is 0 Å². The summed E-state index contributed by atoms with van der Waals surface area (Å²) in [6.45, 7) is 2.08. The van der Waals surface area contributed by atoms with E-state index in [9.17, 15) is 0 Å². The Hall–Kier alpha value is -1.19. The van der Waals surface area contributed by atoms with Crippen LogP contribution < -0.4 is 5.73 Å². The molecule has 0 aliphatic heterocycles. The summed E-state index contributed by atoms with van der Waals surface area (Å²) < 4.78 is 1.11. The molecule has 0 radical (unpaired) electrons. The van der Waals surface area contributed by atoms with Crippen molar-refractivity contribution in [3.63, 3.8) is 0 Å². The molecule has 1 nitrogen and oxygen atoms in total. The van der Waals surface area contributed by atoms with Crippen molar-refractivity contribution in [1.82, 2.24) is 0 Å². The fourth-order valence-corrected chi connectivity index (χ4v) is 2.98. The van der Waals surface area contributed by atoms with Crippen LogP contribution in [0, 0.1) is 6.92 Å². The Morgan fingerprint density at radius 2 is 1.90 bits per heavy atom. The van der Waals surface area contributed by atoms with Crippen LogP contribution in [0.3, 0.4) is 0 Å². The van der Waals surface area contributed by atoms with Gasteiger partial charge in [0.25, 0.3) is 0 Å². The van der Waals surface area contributed by atoms with Crippen molar-refractivity contribution in [2.24, 2.45) is 5.73 Å². The minimum atomic E-state index is 0.143. The fourth-order valence-electron chi connectivity index (χ4n) is 2.28. The van der Waals surface area contributed by atoms with Crippen molar-refractivity contribution in [3.05, 3.63) is 69.7 Å². The van der Waals surface area contributed by atoms with E-state index in [4.69, 9.17) is 18.0 Å². The Morgan fingerprint density at radius 3 is 2.50 bits per heavy atom. The van der Waals surface area contributed by atoms with E-state index in [2.05, 4.69) is 65.3 Å². The summed E-state index contributed by atoms with van der Waals surface area (Å²) in [5, 5.41) is 0. The average Bonchev–Trinajstić information content (AvgIpc) is 2.41. The van der Waals surface area contributed by atoms with E-state index < -0.39 is 0 Å². The van der Waals surface area contributed by atoms with E-state index in [1.54, 1.807) is 0 Å². The second-order valence-corrected chi connectivity index (χ2v) is 6.42. The zero-order valence-electron chi connectivity index (χ0n) is 11.5. The Labute approximate surface area is 134 Å². The molecule has 1 unspecified atom stereocenters. The summed E-state index contributed by atoms with van der Waals surface area (Å²) in [5.74, 6) is 0.143. The molecule has 0 bridgehead atoms. The van der Waals surface area contributed by atoms with Crippen LogP contribution in [0.15, 0.2) is 53.0 Å². The molecule has 0 amide bonds. The van der Waals surface area contributed by atoms with Crippen LogP contribution in [0.25, 0.3) is 0 Å². The Bertz CT molecular complexity index is 592. The molecule has 0 spiro atoms. The predicted molar refractivity (Wildman–Crippen MR) is 93.2 cm³/mol. The van der Waals surface area contributed by atoms with E-state index in [-0.39, 0.29) is 5.92 Å². The molecule has 20 heavy (non-hydrogen) atoms. The third-order valence-corrected chi connectivity index (χ3v) is 4.21. The third kappa shape index (κ3) is 4.15. The summed E-state index contributed by atoms with van der Waals surface area (Å²) in [4.78, 5) is 0.573. The van der Waals surface area contributed by atoms with Crippen molar-refractivity contribution in [2.45, 2.75) is 25.7 Å². The van der Waals surface area contributed by atoms with Gasteiger partial charge in [0.05, 0.1) is 4.99 Å². The zero-order valence-corrected chi connectivity index (χ0v) is 13.9. The highest BCUT2D eigenvalue weighted by molar-refractivity contribution is 9.10. The maximum Gasteiger partial charge on any atom is 0.0803 e. The van der Waals surface area contributed by atoms with Crippen molar-refractivity contribution in [2.75, 3.05) is 0 Å². The molecule has 0 heterocycles. The van der Waals surface area contributed by atoms with Crippen LogP contribution >= 0.6 is 28.1 Å². The van der Waals surface area contributed by atoms with Gasteiger partial charge in [-0.2, -0.15) is 0 Å². The molecule has 0 saturated carbocycles. The number of rotatable bonds is 5. The lowest BCUT2D eigenvalue weighted by Gasteiger charge is -2.16. The molecule has 3 heteroatoms. The number of nitrogens with two attached hydrogens (primary N) is 1. The second kappa shape index (κ2) is 7.00. The average molecular weight is 348 g/mol. The number of hydrogen-bond donors (Lipinski definition) is 1. The van der Waals surface area contributed by atoms with Gasteiger partial charge in [0, 0.05) is 10.4 Å². The van der Waals surface area contributed by atoms with Gasteiger partial charge in [0.1, 0.15) is 0 Å². The molecule has 2 aromatic carbocycles. The summed E-state index contributed by atoms with van der Waals surface area (Å²) in [7, 11) is 0. The van der Waals surface area contributed by atoms with Gasteiger partial charge in [0.2, 0.25) is 0 Å². The van der Waals surface area contributed by atoms with Gasteiger partial charge in [0.15, 0.2) is 0 Å². The van der Waals surface area contributed by atoms with Gasteiger partial charge >= 0.3 is 0 Å². The van der Waals surface area contributed by atoms with Gasteiger partial charge in [-0.15, -0.1) is 0 Å². The number of aryl methyl sites for hydroxylation is 2. The lowest BCUT2D eigenvalue weighted by atomic mass is 9.92. The maximum absolute atomic E-state index is 5.92. The molecule has 0 aliphatic rings. The highest BCUT2D eigenvalue weighted by Gasteiger charge is 2.14. The van der Waals surface area contributed by atoms with E-state index in [0.717, 1.165) is 17.3 Å². The Kier molecular flexibility index (Phi) is 5.32. The topological polar surface area (TPSA) is 26.0 Å². The van der Waals surface area contributed by atoms with Gasteiger partial charge in [-0.25, -0.2) is 0 Å². The third-order valence-electron chi connectivity index (χ3n) is 3.43. The second-order valence-electron chi connectivity index (χ2n) is 5.03. The highest BCUT2D eigenvalue weighted by atomic mass is 79.9. The minimum absolute atomic E-state index is 0.143. The van der Waals surface area contributed by atoms with Crippen LogP contribution in [0.1, 0.15) is 29.0 Å². The molecule has 0 saturated heterocycles. The van der Waals surface area contributed by atoms with Gasteiger partial charge < -0.3 is 5.73 Å². The van der Waals surface area contributed by atoms with E-state index >= 15 is 0 Å². The molecule has 0 aromatic heterocycles. The van der Waals surface area contributed by atoms with Crippen molar-refractivity contribution >= 4 is 33.1 Å². The number of benzene rings is 2. The molecule has 0 fully saturated rings. The first-order chi connectivity index (χ1) is 9.56. The normalized spacial score (nSPS) is 12.1. The number of hydrogen-bond acceptors (Lipinski definition) is 1. The number of halogens is 1. The molecular formula is C17H18BrNS. The van der Waals surface area contributed by atoms with Crippen LogP contribution in [-0.4, -0.2) is 4.99 Å². The minimum Gasteiger partial charge on any atom is -0.393 e. The lowest BCUT2D eigenvalue weighted by molar-refractivity contribution is 0.768. The van der Waals surface area contributed by atoms with Gasteiger partial charge in [-0.05, 0) is 43.0 Å². The van der Waals surface area contributed by atoms with Gasteiger partial charge in [-0.3, -0.25) is 0 Å². The zero-order chi connectivity index (χ0) is 14.5. The molecule has 2 rings (SSSR count). The van der Waals surface area contributed by atoms with E-state index in [1.807, 2.05) is 6.07 Å². The van der Waals surface area contributed by atoms with Crippen molar-refractivity contribution in [3.8, 4) is 0 Å². The van der Waals surface area contributed by atoms with E-state index in [0.29, 0.717) is 4.99 Å². The largest absolute Gasteiger partial charge is 0.393 e. The van der Waals surface area contributed by atoms with Crippen LogP contribution in [0.2, 0.25) is 0 Å². The molecule has 2 aromatic rings. The first-order valence-electron chi connectivity index (χ1n) is 6.66. The number of thiocarbonyl (C=S) groups is 1. The molecule has 2 N–H and O–H groups in total. The Morgan fingerprint density at radius 1 is 1.20 bits per heavy atom. The monoisotopic (exact) mass is 347 g/mol. The first-order valence-corrected chi connectivity index (χ1v) is 7.86.